The van der Waals surface area contributed by atoms with Crippen molar-refractivity contribution in [2.75, 3.05) is 0 Å². The van der Waals surface area contributed by atoms with Crippen LogP contribution in [0.15, 0.2) is 5.28 Å². The molecule has 6 heteroatoms. The standard InChI is InChI=1S/C7H15N3O2.Na.H/c1-6-4-3-5-7(2)9(6)10(12)8-11;;/h6-7,11H,3-5H2,1-2H3;;. The van der Waals surface area contributed by atoms with Gasteiger partial charge in [-0.15, -0.1) is 5.01 Å². The van der Waals surface area contributed by atoms with Crippen LogP contribution in [0, 0.1) is 5.21 Å². The van der Waals surface area contributed by atoms with Crippen LogP contribution in [0.3, 0.4) is 0 Å². The molecule has 0 aromatic rings. The Morgan fingerprint density at radius 1 is 1.38 bits per heavy atom. The molecule has 1 aliphatic heterocycles. The van der Waals surface area contributed by atoms with Crippen LogP contribution in [0.4, 0.5) is 0 Å². The third-order valence-corrected chi connectivity index (χ3v) is 2.42. The van der Waals surface area contributed by atoms with Gasteiger partial charge in [-0.1, -0.05) is 0 Å². The van der Waals surface area contributed by atoms with Crippen LogP contribution in [0.2, 0.25) is 0 Å². The summed E-state index contributed by atoms with van der Waals surface area (Å²) in [4.78, 5) is 0.286. The van der Waals surface area contributed by atoms with Crippen LogP contribution < -0.4 is 0 Å². The van der Waals surface area contributed by atoms with Crippen LogP contribution in [0.5, 0.6) is 0 Å². The van der Waals surface area contributed by atoms with Crippen molar-refractivity contribution in [3.63, 3.8) is 0 Å². The first-order chi connectivity index (χ1) is 5.66. The number of hydrogen-bond acceptors (Lipinski definition) is 2. The van der Waals surface area contributed by atoms with Crippen molar-refractivity contribution in [2.24, 2.45) is 5.28 Å². The Balaban J connectivity index is 0.00000144. The third kappa shape index (κ3) is 3.00. The molecule has 0 radical (unpaired) electrons. The van der Waals surface area contributed by atoms with E-state index in [1.807, 2.05) is 13.8 Å². The summed E-state index contributed by atoms with van der Waals surface area (Å²) in [6.45, 7) is 3.93. The van der Waals surface area contributed by atoms with E-state index in [1.165, 1.54) is 0 Å². The van der Waals surface area contributed by atoms with Crippen molar-refractivity contribution in [2.45, 2.75) is 45.2 Å². The summed E-state index contributed by atoms with van der Waals surface area (Å²) in [6, 6.07) is 0.337. The predicted octanol–water partition coefficient (Wildman–Crippen LogP) is 0.867. The number of hydrogen-bond donors (Lipinski definition) is 1. The van der Waals surface area contributed by atoms with E-state index in [-0.39, 0.29) is 46.6 Å². The Bertz CT molecular complexity index is 179. The normalized spacial score (nSPS) is 29.7. The van der Waals surface area contributed by atoms with Gasteiger partial charge < -0.3 is 10.4 Å². The summed E-state index contributed by atoms with van der Waals surface area (Å²) in [5, 5.41) is 23.5. The molecule has 0 aromatic carbocycles. The van der Waals surface area contributed by atoms with E-state index < -0.39 is 0 Å². The molecule has 0 aliphatic carbocycles. The zero-order valence-electron chi connectivity index (χ0n) is 7.47. The Labute approximate surface area is 100 Å². The van der Waals surface area contributed by atoms with E-state index in [9.17, 15) is 5.21 Å². The number of piperidine rings is 1. The second-order valence-corrected chi connectivity index (χ2v) is 3.35. The molecule has 5 nitrogen and oxygen atoms in total. The predicted molar refractivity (Wildman–Crippen MR) is 49.6 cm³/mol. The Kier molecular flexibility index (Phi) is 5.67. The van der Waals surface area contributed by atoms with Gasteiger partial charge in [0, 0.05) is 0 Å². The summed E-state index contributed by atoms with van der Waals surface area (Å²) < 4.78 is 0. The summed E-state index contributed by atoms with van der Waals surface area (Å²) in [7, 11) is 0. The first-order valence-electron chi connectivity index (χ1n) is 4.27. The summed E-state index contributed by atoms with van der Waals surface area (Å²) >= 11 is 0. The van der Waals surface area contributed by atoms with E-state index in [1.54, 1.807) is 5.01 Å². The maximum atomic E-state index is 11.0. The van der Waals surface area contributed by atoms with E-state index in [4.69, 9.17) is 5.21 Å². The summed E-state index contributed by atoms with van der Waals surface area (Å²) in [5.41, 5.74) is 0. The summed E-state index contributed by atoms with van der Waals surface area (Å²) in [5.74, 6) is 0. The zero-order chi connectivity index (χ0) is 9.14. The number of rotatable bonds is 1. The van der Waals surface area contributed by atoms with Crippen molar-refractivity contribution in [3.05, 3.63) is 5.21 Å². The van der Waals surface area contributed by atoms with Crippen molar-refractivity contribution in [1.29, 1.82) is 0 Å². The fraction of sp³-hybridized carbons (Fsp3) is 1.00. The molecule has 0 aromatic heterocycles. The molecule has 0 bridgehead atoms. The van der Waals surface area contributed by atoms with Crippen LogP contribution in [0.1, 0.15) is 33.1 Å². The monoisotopic (exact) mass is 197 g/mol. The van der Waals surface area contributed by atoms with Crippen molar-refractivity contribution in [3.8, 4) is 0 Å². The van der Waals surface area contributed by atoms with Crippen molar-refractivity contribution in [1.82, 2.24) is 5.01 Å². The molecule has 72 valence electrons. The molecule has 1 aliphatic rings. The molecule has 0 saturated carbocycles. The van der Waals surface area contributed by atoms with Gasteiger partial charge in [-0.3, -0.25) is 0 Å². The molecule has 1 saturated heterocycles. The fourth-order valence-corrected chi connectivity index (χ4v) is 1.79. The average Bonchev–Trinajstić information content (AvgIpc) is 2.03. The minimum absolute atomic E-state index is 0. The van der Waals surface area contributed by atoms with Crippen LogP contribution in [-0.4, -0.2) is 56.8 Å². The molecular weight excluding hydrogens is 181 g/mol. The topological polar surface area (TPSA) is 61.9 Å². The number of hydrazine groups is 1. The van der Waals surface area contributed by atoms with Gasteiger partial charge in [0.05, 0.1) is 17.1 Å². The molecular formula is C7H16N3NaO2. The van der Waals surface area contributed by atoms with Gasteiger partial charge in [0.2, 0.25) is 5.28 Å². The van der Waals surface area contributed by atoms with Gasteiger partial charge in [-0.2, -0.15) is 0 Å². The van der Waals surface area contributed by atoms with E-state index in [2.05, 4.69) is 5.28 Å². The van der Waals surface area contributed by atoms with E-state index in [0.717, 1.165) is 19.3 Å². The second-order valence-electron chi connectivity index (χ2n) is 3.35. The van der Waals surface area contributed by atoms with E-state index in [0.29, 0.717) is 0 Å². The fourth-order valence-electron chi connectivity index (χ4n) is 1.79. The van der Waals surface area contributed by atoms with Crippen molar-refractivity contribution < 1.29 is 10.2 Å². The molecule has 1 heterocycles. The van der Waals surface area contributed by atoms with Gasteiger partial charge in [-0.25, -0.2) is 0 Å². The van der Waals surface area contributed by atoms with Crippen LogP contribution >= 0.6 is 0 Å². The molecule has 0 spiro atoms. The molecule has 2 atom stereocenters. The number of nitrogens with zero attached hydrogens (tertiary/aromatic N) is 3. The van der Waals surface area contributed by atoms with Crippen LogP contribution in [0.25, 0.3) is 0 Å². The van der Waals surface area contributed by atoms with Gasteiger partial charge in [0.1, 0.15) is 0 Å². The first-order valence-corrected chi connectivity index (χ1v) is 4.27. The molecule has 1 fully saturated rings. The maximum absolute atomic E-state index is 11.0. The van der Waals surface area contributed by atoms with E-state index >= 15 is 0 Å². The average molecular weight is 197 g/mol. The molecule has 1 rings (SSSR count). The zero-order valence-corrected chi connectivity index (χ0v) is 7.47. The Morgan fingerprint density at radius 2 is 1.85 bits per heavy atom. The summed E-state index contributed by atoms with van der Waals surface area (Å²) in [6.07, 6.45) is 3.11. The SMILES string of the molecule is CC1CCCC(C)N1[N+]([O-])=NO.[NaH]. The molecule has 0 amide bonds. The van der Waals surface area contributed by atoms with Crippen molar-refractivity contribution >= 4 is 29.6 Å². The molecule has 13 heavy (non-hydrogen) atoms. The van der Waals surface area contributed by atoms with Crippen LogP contribution in [-0.2, 0) is 0 Å². The third-order valence-electron chi connectivity index (χ3n) is 2.42. The quantitative estimate of drug-likeness (QED) is 0.293. The Morgan fingerprint density at radius 3 is 2.23 bits per heavy atom. The molecule has 2 unspecified atom stereocenters. The van der Waals surface area contributed by atoms with Gasteiger partial charge in [-0.05, 0) is 33.1 Å². The Hall–Kier alpha value is 0. The minimum atomic E-state index is 0. The van der Waals surface area contributed by atoms with Gasteiger partial charge >= 0.3 is 29.6 Å². The van der Waals surface area contributed by atoms with Gasteiger partial charge in [0.15, 0.2) is 0 Å². The second kappa shape index (κ2) is 5.67. The van der Waals surface area contributed by atoms with Gasteiger partial charge in [0.25, 0.3) is 0 Å². The first kappa shape index (κ1) is 13.0. The molecule has 1 N–H and O–H groups in total.